The Morgan fingerprint density at radius 2 is 1.90 bits per heavy atom. The van der Waals surface area contributed by atoms with Gasteiger partial charge < -0.3 is 9.80 Å². The predicted octanol–water partition coefficient (Wildman–Crippen LogP) is 3.61. The zero-order chi connectivity index (χ0) is 14.7. The molecule has 3 heteroatoms. The lowest BCUT2D eigenvalue weighted by Crippen LogP contribution is -2.42. The lowest BCUT2D eigenvalue weighted by Gasteiger charge is -2.36. The minimum absolute atomic E-state index is 0.0824. The maximum atomic E-state index is 6.62. The van der Waals surface area contributed by atoms with E-state index in [2.05, 4.69) is 55.9 Å². The number of piperidine rings is 1. The minimum atomic E-state index is 0.0824. The average molecular weight is 295 g/mol. The van der Waals surface area contributed by atoms with E-state index >= 15 is 0 Å². The van der Waals surface area contributed by atoms with Crippen molar-refractivity contribution in [2.24, 2.45) is 0 Å². The maximum absolute atomic E-state index is 6.62. The molecular weight excluding hydrogens is 268 g/mol. The molecule has 1 aromatic rings. The number of hydrogen-bond donors (Lipinski definition) is 0. The Morgan fingerprint density at radius 3 is 2.50 bits per heavy atom. The van der Waals surface area contributed by atoms with Crippen molar-refractivity contribution < 1.29 is 0 Å². The van der Waals surface area contributed by atoms with Crippen molar-refractivity contribution in [2.75, 3.05) is 33.7 Å². The summed E-state index contributed by atoms with van der Waals surface area (Å²) in [5.41, 5.74) is 3.91. The molecule has 0 bridgehead atoms. The van der Waals surface area contributed by atoms with Gasteiger partial charge in [-0.3, -0.25) is 0 Å². The molecule has 0 saturated carbocycles. The van der Waals surface area contributed by atoms with Gasteiger partial charge in [-0.1, -0.05) is 18.2 Å². The largest absolute Gasteiger partial charge is 0.306 e. The molecule has 1 unspecified atom stereocenters. The summed E-state index contributed by atoms with van der Waals surface area (Å²) >= 11 is 6.62. The van der Waals surface area contributed by atoms with E-state index in [4.69, 9.17) is 11.6 Å². The summed E-state index contributed by atoms with van der Waals surface area (Å²) in [7, 11) is 4.42. The highest BCUT2D eigenvalue weighted by Crippen LogP contribution is 2.25. The van der Waals surface area contributed by atoms with Gasteiger partial charge in [-0.15, -0.1) is 11.6 Å². The van der Waals surface area contributed by atoms with Gasteiger partial charge in [-0.05, 0) is 70.6 Å². The summed E-state index contributed by atoms with van der Waals surface area (Å²) in [6.07, 6.45) is 2.51. The van der Waals surface area contributed by atoms with Crippen LogP contribution in [0.4, 0.5) is 0 Å². The van der Waals surface area contributed by atoms with Crippen LogP contribution in [-0.2, 0) is 0 Å². The van der Waals surface area contributed by atoms with Gasteiger partial charge in [0.05, 0.1) is 5.38 Å². The predicted molar refractivity (Wildman–Crippen MR) is 87.7 cm³/mol. The van der Waals surface area contributed by atoms with E-state index in [0.717, 1.165) is 6.54 Å². The molecule has 1 aromatic carbocycles. The van der Waals surface area contributed by atoms with E-state index in [0.29, 0.717) is 6.04 Å². The molecule has 1 aliphatic rings. The van der Waals surface area contributed by atoms with Gasteiger partial charge in [0.15, 0.2) is 0 Å². The van der Waals surface area contributed by atoms with Crippen LogP contribution in [0.15, 0.2) is 18.2 Å². The lowest BCUT2D eigenvalue weighted by atomic mass is 10.0. The van der Waals surface area contributed by atoms with E-state index in [1.807, 2.05) is 0 Å². The average Bonchev–Trinajstić information content (AvgIpc) is 2.42. The number of hydrogen-bond acceptors (Lipinski definition) is 2. The number of likely N-dealkylation sites (tertiary alicyclic amines) is 1. The SMILES string of the molecule is Cc1ccc(C(Cl)CN(C)C2CCN(C)CC2)cc1C. The summed E-state index contributed by atoms with van der Waals surface area (Å²) in [5.74, 6) is 0. The molecule has 1 aliphatic heterocycles. The van der Waals surface area contributed by atoms with Crippen molar-refractivity contribution in [1.29, 1.82) is 0 Å². The Balaban J connectivity index is 1.93. The Labute approximate surface area is 128 Å². The lowest BCUT2D eigenvalue weighted by molar-refractivity contribution is 0.144. The molecule has 0 N–H and O–H groups in total. The fraction of sp³-hybridized carbons (Fsp3) is 0.647. The molecule has 0 aromatic heterocycles. The zero-order valence-electron chi connectivity index (χ0n) is 13.2. The van der Waals surface area contributed by atoms with E-state index in [1.54, 1.807) is 0 Å². The number of rotatable bonds is 4. The molecule has 2 nitrogen and oxygen atoms in total. The first-order chi connectivity index (χ1) is 9.47. The van der Waals surface area contributed by atoms with Gasteiger partial charge in [0.2, 0.25) is 0 Å². The number of halogens is 1. The summed E-state index contributed by atoms with van der Waals surface area (Å²) in [6.45, 7) is 7.63. The van der Waals surface area contributed by atoms with Crippen molar-refractivity contribution >= 4 is 11.6 Å². The Hall–Kier alpha value is -0.570. The second kappa shape index (κ2) is 6.93. The highest BCUT2D eigenvalue weighted by molar-refractivity contribution is 6.21. The van der Waals surface area contributed by atoms with E-state index in [-0.39, 0.29) is 5.38 Å². The smallest absolute Gasteiger partial charge is 0.0712 e. The molecule has 1 fully saturated rings. The first-order valence-electron chi connectivity index (χ1n) is 7.57. The van der Waals surface area contributed by atoms with Crippen molar-refractivity contribution in [2.45, 2.75) is 38.1 Å². The third-order valence-electron chi connectivity index (χ3n) is 4.65. The van der Waals surface area contributed by atoms with Gasteiger partial charge in [0.25, 0.3) is 0 Å². The van der Waals surface area contributed by atoms with Crippen LogP contribution < -0.4 is 0 Å². The molecule has 1 saturated heterocycles. The maximum Gasteiger partial charge on any atom is 0.0712 e. The van der Waals surface area contributed by atoms with Crippen LogP contribution in [0.2, 0.25) is 0 Å². The summed E-state index contributed by atoms with van der Waals surface area (Å²) in [4.78, 5) is 4.85. The standard InChI is InChI=1S/C17H27ClN2/c1-13-5-6-15(11-14(13)2)17(18)12-20(4)16-7-9-19(3)10-8-16/h5-6,11,16-17H,7-10,12H2,1-4H3. The summed E-state index contributed by atoms with van der Waals surface area (Å²) < 4.78 is 0. The quantitative estimate of drug-likeness (QED) is 0.783. The minimum Gasteiger partial charge on any atom is -0.306 e. The molecule has 0 radical (unpaired) electrons. The van der Waals surface area contributed by atoms with Crippen LogP contribution in [-0.4, -0.2) is 49.6 Å². The topological polar surface area (TPSA) is 6.48 Å². The van der Waals surface area contributed by atoms with Crippen LogP contribution in [0, 0.1) is 13.8 Å². The van der Waals surface area contributed by atoms with E-state index < -0.39 is 0 Å². The third kappa shape index (κ3) is 3.97. The van der Waals surface area contributed by atoms with Crippen molar-refractivity contribution in [3.05, 3.63) is 34.9 Å². The van der Waals surface area contributed by atoms with Crippen molar-refractivity contribution in [1.82, 2.24) is 9.80 Å². The first kappa shape index (κ1) is 15.8. The molecule has 20 heavy (non-hydrogen) atoms. The fourth-order valence-electron chi connectivity index (χ4n) is 2.90. The molecule has 0 amide bonds. The number of likely N-dealkylation sites (N-methyl/N-ethyl adjacent to an activating group) is 1. The fourth-order valence-corrected chi connectivity index (χ4v) is 3.26. The molecule has 2 rings (SSSR count). The van der Waals surface area contributed by atoms with Crippen molar-refractivity contribution in [3.8, 4) is 0 Å². The first-order valence-corrected chi connectivity index (χ1v) is 8.01. The Bertz CT molecular complexity index is 439. The molecular formula is C17H27ClN2. The second-order valence-corrected chi connectivity index (χ2v) is 6.81. The number of alkyl halides is 1. The second-order valence-electron chi connectivity index (χ2n) is 6.29. The van der Waals surface area contributed by atoms with Crippen LogP contribution in [0.5, 0.6) is 0 Å². The monoisotopic (exact) mass is 294 g/mol. The van der Waals surface area contributed by atoms with Crippen LogP contribution in [0.3, 0.4) is 0 Å². The highest BCUT2D eigenvalue weighted by atomic mass is 35.5. The highest BCUT2D eigenvalue weighted by Gasteiger charge is 2.22. The van der Waals surface area contributed by atoms with Gasteiger partial charge in [-0.2, -0.15) is 0 Å². The zero-order valence-corrected chi connectivity index (χ0v) is 14.0. The van der Waals surface area contributed by atoms with Crippen LogP contribution in [0.25, 0.3) is 0 Å². The molecule has 0 aliphatic carbocycles. The van der Waals surface area contributed by atoms with Crippen molar-refractivity contribution in [3.63, 3.8) is 0 Å². The van der Waals surface area contributed by atoms with Gasteiger partial charge in [-0.25, -0.2) is 0 Å². The molecule has 112 valence electrons. The third-order valence-corrected chi connectivity index (χ3v) is 5.04. The molecule has 1 atom stereocenters. The van der Waals surface area contributed by atoms with Crippen LogP contribution in [0.1, 0.15) is 34.9 Å². The number of aryl methyl sites for hydroxylation is 2. The summed E-state index contributed by atoms with van der Waals surface area (Å²) in [5, 5.41) is 0.0824. The van der Waals surface area contributed by atoms with Gasteiger partial charge in [0.1, 0.15) is 0 Å². The van der Waals surface area contributed by atoms with E-state index in [9.17, 15) is 0 Å². The molecule has 0 spiro atoms. The van der Waals surface area contributed by atoms with Gasteiger partial charge in [0, 0.05) is 12.6 Å². The van der Waals surface area contributed by atoms with Gasteiger partial charge >= 0.3 is 0 Å². The Morgan fingerprint density at radius 1 is 1.25 bits per heavy atom. The Kier molecular flexibility index (Phi) is 5.48. The van der Waals surface area contributed by atoms with Crippen LogP contribution >= 0.6 is 11.6 Å². The molecule has 1 heterocycles. The number of nitrogens with zero attached hydrogens (tertiary/aromatic N) is 2. The summed E-state index contributed by atoms with van der Waals surface area (Å²) in [6, 6.07) is 7.26. The number of benzene rings is 1. The normalized spacial score (nSPS) is 19.5. The van der Waals surface area contributed by atoms with E-state index in [1.165, 1.54) is 42.6 Å².